The SMILES string of the molecule is CCC(C)C.CCC(C)c1ccccc1.CCCCC(CC)C(=O)NCOC(C)CC. The fourth-order valence-electron chi connectivity index (χ4n) is 2.51. The molecule has 1 rings (SSSR count). The third kappa shape index (κ3) is 19.1. The van der Waals surface area contributed by atoms with E-state index in [0.717, 1.165) is 38.0 Å². The van der Waals surface area contributed by atoms with E-state index in [2.05, 4.69) is 91.0 Å². The summed E-state index contributed by atoms with van der Waals surface area (Å²) in [6.45, 7) is 19.8. The fraction of sp³-hybridized carbons (Fsp3) is 0.750. The third-order valence-electron chi connectivity index (χ3n) is 5.76. The van der Waals surface area contributed by atoms with Crippen LogP contribution in [0.1, 0.15) is 119 Å². The van der Waals surface area contributed by atoms with Crippen molar-refractivity contribution in [3.05, 3.63) is 35.9 Å². The van der Waals surface area contributed by atoms with Crippen LogP contribution in [-0.4, -0.2) is 18.7 Å². The Morgan fingerprint density at radius 1 is 0.871 bits per heavy atom. The zero-order valence-corrected chi connectivity index (χ0v) is 22.2. The molecule has 0 aliphatic carbocycles. The van der Waals surface area contributed by atoms with E-state index >= 15 is 0 Å². The maximum atomic E-state index is 11.8. The van der Waals surface area contributed by atoms with Gasteiger partial charge in [0.1, 0.15) is 6.73 Å². The Morgan fingerprint density at radius 2 is 1.45 bits per heavy atom. The summed E-state index contributed by atoms with van der Waals surface area (Å²) in [4.78, 5) is 11.8. The Kier molecular flexibility index (Phi) is 22.5. The average molecular weight is 436 g/mol. The highest BCUT2D eigenvalue weighted by atomic mass is 16.5. The zero-order chi connectivity index (χ0) is 24.1. The number of amides is 1. The van der Waals surface area contributed by atoms with Crippen LogP contribution in [0.25, 0.3) is 0 Å². The van der Waals surface area contributed by atoms with Crippen molar-refractivity contribution in [3.8, 4) is 0 Å². The summed E-state index contributed by atoms with van der Waals surface area (Å²) in [7, 11) is 0. The Hall–Kier alpha value is -1.35. The molecule has 1 aromatic carbocycles. The number of hydrogen-bond acceptors (Lipinski definition) is 2. The van der Waals surface area contributed by atoms with Crippen LogP contribution >= 0.6 is 0 Å². The Balaban J connectivity index is 0. The molecule has 31 heavy (non-hydrogen) atoms. The van der Waals surface area contributed by atoms with Crippen molar-refractivity contribution in [2.24, 2.45) is 11.8 Å². The summed E-state index contributed by atoms with van der Waals surface area (Å²) in [5.74, 6) is 1.89. The van der Waals surface area contributed by atoms with E-state index in [1.165, 1.54) is 18.4 Å². The van der Waals surface area contributed by atoms with E-state index in [1.807, 2.05) is 6.92 Å². The molecule has 0 heterocycles. The lowest BCUT2D eigenvalue weighted by Crippen LogP contribution is -2.33. The van der Waals surface area contributed by atoms with E-state index in [4.69, 9.17) is 4.74 Å². The molecule has 3 atom stereocenters. The first-order valence-electron chi connectivity index (χ1n) is 12.7. The molecule has 0 saturated carbocycles. The van der Waals surface area contributed by atoms with Gasteiger partial charge in [-0.2, -0.15) is 0 Å². The van der Waals surface area contributed by atoms with Gasteiger partial charge < -0.3 is 10.1 Å². The highest BCUT2D eigenvalue weighted by molar-refractivity contribution is 5.78. The molecule has 0 aliphatic heterocycles. The molecule has 1 N–H and O–H groups in total. The van der Waals surface area contributed by atoms with Crippen LogP contribution < -0.4 is 5.32 Å². The quantitative estimate of drug-likeness (QED) is 0.335. The van der Waals surface area contributed by atoms with Crippen LogP contribution in [0.2, 0.25) is 0 Å². The molecular formula is C28H53NO2. The van der Waals surface area contributed by atoms with Gasteiger partial charge in [-0.3, -0.25) is 4.79 Å². The first-order chi connectivity index (χ1) is 14.8. The maximum absolute atomic E-state index is 11.8. The second-order valence-corrected chi connectivity index (χ2v) is 8.84. The monoisotopic (exact) mass is 435 g/mol. The van der Waals surface area contributed by atoms with Crippen LogP contribution in [0.4, 0.5) is 0 Å². The van der Waals surface area contributed by atoms with Crippen molar-refractivity contribution in [3.63, 3.8) is 0 Å². The minimum atomic E-state index is 0.138. The summed E-state index contributed by atoms with van der Waals surface area (Å²) in [6.07, 6.45) is 7.89. The lowest BCUT2D eigenvalue weighted by Gasteiger charge is -2.16. The van der Waals surface area contributed by atoms with Gasteiger partial charge in [0, 0.05) is 5.92 Å². The summed E-state index contributed by atoms with van der Waals surface area (Å²) in [5, 5.41) is 2.85. The minimum Gasteiger partial charge on any atom is -0.358 e. The van der Waals surface area contributed by atoms with Gasteiger partial charge in [-0.15, -0.1) is 0 Å². The lowest BCUT2D eigenvalue weighted by molar-refractivity contribution is -0.127. The summed E-state index contributed by atoms with van der Waals surface area (Å²) in [6, 6.07) is 10.6. The van der Waals surface area contributed by atoms with Gasteiger partial charge in [-0.1, -0.05) is 105 Å². The zero-order valence-electron chi connectivity index (χ0n) is 22.2. The summed E-state index contributed by atoms with van der Waals surface area (Å²) >= 11 is 0. The fourth-order valence-corrected chi connectivity index (χ4v) is 2.51. The molecule has 0 radical (unpaired) electrons. The Bertz CT molecular complexity index is 501. The maximum Gasteiger partial charge on any atom is 0.224 e. The van der Waals surface area contributed by atoms with E-state index < -0.39 is 0 Å². The van der Waals surface area contributed by atoms with Gasteiger partial charge in [0.05, 0.1) is 6.10 Å². The largest absolute Gasteiger partial charge is 0.358 e. The minimum absolute atomic E-state index is 0.138. The molecule has 1 aromatic rings. The van der Waals surface area contributed by atoms with Gasteiger partial charge in [0.15, 0.2) is 0 Å². The number of carbonyl (C=O) groups excluding carboxylic acids is 1. The third-order valence-corrected chi connectivity index (χ3v) is 5.76. The molecule has 182 valence electrons. The molecule has 0 aliphatic rings. The highest BCUT2D eigenvalue weighted by Gasteiger charge is 2.15. The molecule has 3 heteroatoms. The number of benzene rings is 1. The highest BCUT2D eigenvalue weighted by Crippen LogP contribution is 2.17. The standard InChI is InChI=1S/C13H27NO2.C10H14.C5H12/c1-5-8-9-12(7-3)13(15)14-10-16-11(4)6-2;1-3-9(2)10-7-5-4-6-8-10;1-4-5(2)3/h11-12H,5-10H2,1-4H3,(H,14,15);4-9H,3H2,1-2H3;5H,4H2,1-3H3. The lowest BCUT2D eigenvalue weighted by atomic mass is 9.99. The number of rotatable bonds is 12. The Labute approximate surface area is 194 Å². The first-order valence-corrected chi connectivity index (χ1v) is 12.7. The van der Waals surface area contributed by atoms with E-state index in [9.17, 15) is 4.79 Å². The predicted molar refractivity (Wildman–Crippen MR) is 137 cm³/mol. The normalized spacial score (nSPS) is 13.2. The smallest absolute Gasteiger partial charge is 0.224 e. The number of nitrogens with one attached hydrogen (secondary N) is 1. The van der Waals surface area contributed by atoms with Gasteiger partial charge in [0.2, 0.25) is 5.91 Å². The van der Waals surface area contributed by atoms with Crippen molar-refractivity contribution >= 4 is 5.91 Å². The molecule has 0 saturated heterocycles. The van der Waals surface area contributed by atoms with E-state index in [1.54, 1.807) is 0 Å². The molecular weight excluding hydrogens is 382 g/mol. The van der Waals surface area contributed by atoms with Gasteiger partial charge in [-0.05, 0) is 50.0 Å². The van der Waals surface area contributed by atoms with E-state index in [0.29, 0.717) is 12.6 Å². The molecule has 3 nitrogen and oxygen atoms in total. The van der Waals surface area contributed by atoms with Crippen molar-refractivity contribution in [2.75, 3.05) is 6.73 Å². The summed E-state index contributed by atoms with van der Waals surface area (Å²) in [5.41, 5.74) is 1.45. The topological polar surface area (TPSA) is 38.3 Å². The number of carbonyl (C=O) groups is 1. The van der Waals surface area contributed by atoms with Crippen molar-refractivity contribution in [2.45, 2.75) is 119 Å². The van der Waals surface area contributed by atoms with Crippen LogP contribution in [0.3, 0.4) is 0 Å². The second-order valence-electron chi connectivity index (χ2n) is 8.84. The van der Waals surface area contributed by atoms with Crippen molar-refractivity contribution in [1.29, 1.82) is 0 Å². The number of hydrogen-bond donors (Lipinski definition) is 1. The molecule has 3 unspecified atom stereocenters. The van der Waals surface area contributed by atoms with Crippen LogP contribution in [0, 0.1) is 11.8 Å². The molecule has 1 amide bonds. The van der Waals surface area contributed by atoms with Crippen molar-refractivity contribution in [1.82, 2.24) is 5.32 Å². The van der Waals surface area contributed by atoms with Gasteiger partial charge in [0.25, 0.3) is 0 Å². The second kappa shape index (κ2) is 21.9. The number of unbranched alkanes of at least 4 members (excludes halogenated alkanes) is 1. The predicted octanol–water partition coefficient (Wildman–Crippen LogP) is 8.34. The van der Waals surface area contributed by atoms with Crippen LogP contribution in [0.15, 0.2) is 30.3 Å². The first kappa shape index (κ1) is 31.8. The van der Waals surface area contributed by atoms with Gasteiger partial charge in [-0.25, -0.2) is 0 Å². The van der Waals surface area contributed by atoms with E-state index in [-0.39, 0.29) is 17.9 Å². The molecule has 0 spiro atoms. The molecule has 0 bridgehead atoms. The van der Waals surface area contributed by atoms with Crippen molar-refractivity contribution < 1.29 is 9.53 Å². The molecule has 0 aromatic heterocycles. The average Bonchev–Trinajstić information content (AvgIpc) is 2.80. The van der Waals surface area contributed by atoms with Crippen LogP contribution in [0.5, 0.6) is 0 Å². The van der Waals surface area contributed by atoms with Gasteiger partial charge >= 0.3 is 0 Å². The summed E-state index contributed by atoms with van der Waals surface area (Å²) < 4.78 is 5.43. The number of ether oxygens (including phenoxy) is 1. The Morgan fingerprint density at radius 3 is 1.87 bits per heavy atom. The molecule has 0 fully saturated rings. The van der Waals surface area contributed by atoms with Crippen LogP contribution in [-0.2, 0) is 9.53 Å².